The third-order valence-corrected chi connectivity index (χ3v) is 3.39. The van der Waals surface area contributed by atoms with E-state index in [1.807, 2.05) is 0 Å². The van der Waals surface area contributed by atoms with Gasteiger partial charge in [-0.15, -0.1) is 0 Å². The molecule has 1 amide bonds. The molecule has 0 spiro atoms. The Morgan fingerprint density at radius 3 is 2.50 bits per heavy atom. The Labute approximate surface area is 130 Å². The Bertz CT molecular complexity index is 472. The Morgan fingerprint density at radius 1 is 1.23 bits per heavy atom. The molecule has 0 aliphatic rings. The molecular formula is C15H24N4O3. The van der Waals surface area contributed by atoms with Crippen molar-refractivity contribution in [3.63, 3.8) is 0 Å². The number of anilines is 2. The van der Waals surface area contributed by atoms with Gasteiger partial charge in [0.25, 0.3) is 0 Å². The summed E-state index contributed by atoms with van der Waals surface area (Å²) in [4.78, 5) is 27.5. The number of carboxylic acid groups (broad SMARTS) is 1. The second kappa shape index (κ2) is 9.73. The van der Waals surface area contributed by atoms with Crippen LogP contribution in [0.2, 0.25) is 0 Å². The standard InChI is InChI=1S/C15H24N4O3/c1-3-19(4-2)10-9-16-13-6-5-12(11-17-13)18-14(20)7-8-15(21)22/h5-6,11H,3-4,7-10H2,1-2H3,(H,16,17)(H,18,20)(H,21,22). The number of aromatic nitrogens is 1. The second-order valence-electron chi connectivity index (χ2n) is 4.99. The minimum absolute atomic E-state index is 0.102. The molecule has 0 bridgehead atoms. The van der Waals surface area contributed by atoms with Crippen LogP contribution in [0.5, 0.6) is 0 Å². The smallest absolute Gasteiger partial charge is 0.224 e. The third kappa shape index (κ3) is 7.03. The highest BCUT2D eigenvalue weighted by atomic mass is 16.4. The summed E-state index contributed by atoms with van der Waals surface area (Å²) < 4.78 is 0. The van der Waals surface area contributed by atoms with Crippen LogP contribution < -0.4 is 20.6 Å². The SMILES string of the molecule is CC[NH+](CC)CCNc1ccc(NC(=O)CCC(=O)[O-])cn1. The normalized spacial score (nSPS) is 10.5. The molecule has 0 aliphatic carbocycles. The largest absolute Gasteiger partial charge is 0.550 e. The van der Waals surface area contributed by atoms with E-state index in [4.69, 9.17) is 0 Å². The maximum Gasteiger partial charge on any atom is 0.224 e. The number of hydrogen-bond acceptors (Lipinski definition) is 5. The van der Waals surface area contributed by atoms with Gasteiger partial charge in [-0.25, -0.2) is 4.98 Å². The Hall–Kier alpha value is -2.15. The fraction of sp³-hybridized carbons (Fsp3) is 0.533. The van der Waals surface area contributed by atoms with Crippen LogP contribution >= 0.6 is 0 Å². The first-order valence-corrected chi connectivity index (χ1v) is 7.58. The summed E-state index contributed by atoms with van der Waals surface area (Å²) in [5.74, 6) is -0.848. The molecule has 3 N–H and O–H groups in total. The molecule has 0 aromatic carbocycles. The maximum atomic E-state index is 11.5. The fourth-order valence-electron chi connectivity index (χ4n) is 1.98. The van der Waals surface area contributed by atoms with Gasteiger partial charge in [0, 0.05) is 12.4 Å². The van der Waals surface area contributed by atoms with Crippen LogP contribution in [0.25, 0.3) is 0 Å². The van der Waals surface area contributed by atoms with Crippen molar-refractivity contribution in [2.24, 2.45) is 0 Å². The summed E-state index contributed by atoms with van der Waals surface area (Å²) in [6, 6.07) is 3.52. The van der Waals surface area contributed by atoms with Crippen molar-refractivity contribution >= 4 is 23.4 Å². The first-order valence-electron chi connectivity index (χ1n) is 7.58. The molecule has 122 valence electrons. The predicted molar refractivity (Wildman–Crippen MR) is 82.5 cm³/mol. The average Bonchev–Trinajstić information content (AvgIpc) is 2.51. The summed E-state index contributed by atoms with van der Waals surface area (Å²) in [5.41, 5.74) is 0.545. The van der Waals surface area contributed by atoms with Gasteiger partial charge in [0.1, 0.15) is 5.82 Å². The van der Waals surface area contributed by atoms with Gasteiger partial charge in [-0.3, -0.25) is 4.79 Å². The molecule has 0 saturated carbocycles. The van der Waals surface area contributed by atoms with E-state index in [0.29, 0.717) is 5.69 Å². The van der Waals surface area contributed by atoms with Gasteiger partial charge in [-0.2, -0.15) is 0 Å². The van der Waals surface area contributed by atoms with Crippen molar-refractivity contribution in [1.29, 1.82) is 0 Å². The van der Waals surface area contributed by atoms with Crippen molar-refractivity contribution in [1.82, 2.24) is 4.98 Å². The van der Waals surface area contributed by atoms with E-state index in [0.717, 1.165) is 32.0 Å². The van der Waals surface area contributed by atoms with Crippen LogP contribution in [0, 0.1) is 0 Å². The van der Waals surface area contributed by atoms with E-state index >= 15 is 0 Å². The minimum atomic E-state index is -1.23. The lowest BCUT2D eigenvalue weighted by atomic mass is 10.3. The van der Waals surface area contributed by atoms with E-state index in [-0.39, 0.29) is 18.7 Å². The Balaban J connectivity index is 2.36. The molecular weight excluding hydrogens is 284 g/mol. The number of carbonyl (C=O) groups excluding carboxylic acids is 2. The highest BCUT2D eigenvalue weighted by Crippen LogP contribution is 2.09. The van der Waals surface area contributed by atoms with Gasteiger partial charge in [0.2, 0.25) is 5.91 Å². The molecule has 1 rings (SSSR count). The number of likely N-dealkylation sites (N-methyl/N-ethyl adjacent to an activating group) is 1. The first-order chi connectivity index (χ1) is 10.5. The van der Waals surface area contributed by atoms with E-state index in [1.165, 1.54) is 4.90 Å². The Kier molecular flexibility index (Phi) is 7.91. The van der Waals surface area contributed by atoms with Crippen molar-refractivity contribution in [3.05, 3.63) is 18.3 Å². The van der Waals surface area contributed by atoms with Gasteiger partial charge in [0.05, 0.1) is 38.1 Å². The number of nitrogens with one attached hydrogen (secondary N) is 3. The lowest BCUT2D eigenvalue weighted by Gasteiger charge is -2.15. The molecule has 1 aromatic rings. The molecule has 0 saturated heterocycles. The molecule has 0 fully saturated rings. The number of carboxylic acids is 1. The van der Waals surface area contributed by atoms with Gasteiger partial charge >= 0.3 is 0 Å². The van der Waals surface area contributed by atoms with Crippen LogP contribution in [0.3, 0.4) is 0 Å². The summed E-state index contributed by atoms with van der Waals surface area (Å²) in [7, 11) is 0. The van der Waals surface area contributed by atoms with E-state index < -0.39 is 5.97 Å². The van der Waals surface area contributed by atoms with E-state index in [1.54, 1.807) is 18.3 Å². The zero-order valence-corrected chi connectivity index (χ0v) is 13.1. The lowest BCUT2D eigenvalue weighted by molar-refractivity contribution is -0.894. The van der Waals surface area contributed by atoms with E-state index in [2.05, 4.69) is 29.5 Å². The summed E-state index contributed by atoms with van der Waals surface area (Å²) in [5, 5.41) is 16.1. The number of pyridine rings is 1. The highest BCUT2D eigenvalue weighted by molar-refractivity contribution is 5.92. The second-order valence-corrected chi connectivity index (χ2v) is 4.99. The van der Waals surface area contributed by atoms with Crippen molar-refractivity contribution in [2.45, 2.75) is 26.7 Å². The molecule has 0 aliphatic heterocycles. The van der Waals surface area contributed by atoms with Gasteiger partial charge < -0.3 is 25.4 Å². The first kappa shape index (κ1) is 17.9. The van der Waals surface area contributed by atoms with Gasteiger partial charge in [-0.1, -0.05) is 0 Å². The van der Waals surface area contributed by atoms with Crippen LogP contribution in [0.15, 0.2) is 18.3 Å². The lowest BCUT2D eigenvalue weighted by Crippen LogP contribution is -3.12. The van der Waals surface area contributed by atoms with Gasteiger partial charge in [0.15, 0.2) is 0 Å². The molecule has 1 heterocycles. The summed E-state index contributed by atoms with van der Waals surface area (Å²) >= 11 is 0. The molecule has 7 nitrogen and oxygen atoms in total. The number of nitrogens with zero attached hydrogens (tertiary/aromatic N) is 1. The molecule has 7 heteroatoms. The van der Waals surface area contributed by atoms with Crippen LogP contribution in [-0.4, -0.2) is 43.0 Å². The van der Waals surface area contributed by atoms with Gasteiger partial charge in [-0.05, 0) is 32.4 Å². The third-order valence-electron chi connectivity index (χ3n) is 3.39. The fourth-order valence-corrected chi connectivity index (χ4v) is 1.98. The number of aliphatic carboxylic acids is 1. The number of amides is 1. The molecule has 22 heavy (non-hydrogen) atoms. The van der Waals surface area contributed by atoms with Crippen molar-refractivity contribution in [2.75, 3.05) is 36.8 Å². The van der Waals surface area contributed by atoms with Crippen LogP contribution in [0.1, 0.15) is 26.7 Å². The van der Waals surface area contributed by atoms with Crippen LogP contribution in [-0.2, 0) is 9.59 Å². The summed E-state index contributed by atoms with van der Waals surface area (Å²) in [6.45, 7) is 8.38. The number of quaternary nitrogens is 1. The molecule has 1 aromatic heterocycles. The van der Waals surface area contributed by atoms with Crippen molar-refractivity contribution in [3.8, 4) is 0 Å². The highest BCUT2D eigenvalue weighted by Gasteiger charge is 2.04. The predicted octanol–water partition coefficient (Wildman–Crippen LogP) is -1.11. The number of hydrogen-bond donors (Lipinski definition) is 3. The zero-order valence-electron chi connectivity index (χ0n) is 13.1. The van der Waals surface area contributed by atoms with E-state index in [9.17, 15) is 14.7 Å². The average molecular weight is 308 g/mol. The summed E-state index contributed by atoms with van der Waals surface area (Å²) in [6.07, 6.45) is 1.16. The zero-order chi connectivity index (χ0) is 16.4. The Morgan fingerprint density at radius 2 is 1.95 bits per heavy atom. The molecule has 0 radical (unpaired) electrons. The molecule has 0 atom stereocenters. The molecule has 0 unspecified atom stereocenters. The minimum Gasteiger partial charge on any atom is -0.550 e. The number of carbonyl (C=O) groups is 2. The number of rotatable bonds is 10. The maximum absolute atomic E-state index is 11.5. The quantitative estimate of drug-likeness (QED) is 0.509. The topological polar surface area (TPSA) is 98.6 Å². The van der Waals surface area contributed by atoms with Crippen LogP contribution in [0.4, 0.5) is 11.5 Å². The van der Waals surface area contributed by atoms with Crippen molar-refractivity contribution < 1.29 is 19.6 Å². The monoisotopic (exact) mass is 308 g/mol.